The zero-order valence-electron chi connectivity index (χ0n) is 17.6. The van der Waals surface area contributed by atoms with Gasteiger partial charge in [0.05, 0.1) is 18.8 Å². The van der Waals surface area contributed by atoms with E-state index in [9.17, 15) is 9.59 Å². The molecule has 8 nitrogen and oxygen atoms in total. The largest absolute Gasteiger partial charge is 0.373 e. The maximum atomic E-state index is 13.0. The first-order valence-electron chi connectivity index (χ1n) is 10.0. The summed E-state index contributed by atoms with van der Waals surface area (Å²) in [6.45, 7) is 6.71. The van der Waals surface area contributed by atoms with Crippen molar-refractivity contribution in [1.29, 1.82) is 0 Å². The highest BCUT2D eigenvalue weighted by Gasteiger charge is 2.25. The quantitative estimate of drug-likeness (QED) is 0.629. The van der Waals surface area contributed by atoms with E-state index in [0.717, 1.165) is 29.0 Å². The Bertz CT molecular complexity index is 1180. The average Bonchev–Trinajstić information content (AvgIpc) is 3.03. The van der Waals surface area contributed by atoms with Crippen molar-refractivity contribution in [3.8, 4) is 0 Å². The minimum absolute atomic E-state index is 0.125. The number of ether oxygens (including phenoxy) is 1. The van der Waals surface area contributed by atoms with Gasteiger partial charge >= 0.3 is 5.69 Å². The zero-order chi connectivity index (χ0) is 21.6. The van der Waals surface area contributed by atoms with Gasteiger partial charge in [-0.1, -0.05) is 23.7 Å². The van der Waals surface area contributed by atoms with E-state index in [1.807, 2.05) is 28.8 Å². The van der Waals surface area contributed by atoms with Crippen LogP contribution < -0.4 is 11.2 Å². The van der Waals surface area contributed by atoms with E-state index in [4.69, 9.17) is 21.3 Å². The number of fused-ring (bicyclic) bond motifs is 1. The van der Waals surface area contributed by atoms with Crippen LogP contribution in [-0.2, 0) is 31.9 Å². The lowest BCUT2D eigenvalue weighted by molar-refractivity contribution is -0.0712. The molecule has 2 atom stereocenters. The van der Waals surface area contributed by atoms with Crippen LogP contribution in [0.3, 0.4) is 0 Å². The first-order valence-corrected chi connectivity index (χ1v) is 10.4. The molecule has 1 aliphatic rings. The SMILES string of the molecule is C[C@@H]1CN(Cc2nc3c(c(=O)n(C)c(=O)n3C)n2Cc2ccc(Cl)cc2)C[C@@H](C)O1. The van der Waals surface area contributed by atoms with Gasteiger partial charge in [0.2, 0.25) is 0 Å². The lowest BCUT2D eigenvalue weighted by Gasteiger charge is -2.35. The minimum Gasteiger partial charge on any atom is -0.373 e. The van der Waals surface area contributed by atoms with Crippen molar-refractivity contribution in [3.63, 3.8) is 0 Å². The third-order valence-corrected chi connectivity index (χ3v) is 5.79. The molecular formula is C21H26ClN5O3. The molecule has 4 rings (SSSR count). The molecule has 1 fully saturated rings. The summed E-state index contributed by atoms with van der Waals surface area (Å²) in [6.07, 6.45) is 0.250. The number of hydrogen-bond acceptors (Lipinski definition) is 5. The fourth-order valence-electron chi connectivity index (χ4n) is 4.17. The molecule has 0 radical (unpaired) electrons. The molecule has 3 aromatic rings. The first kappa shape index (κ1) is 20.8. The second-order valence-electron chi connectivity index (χ2n) is 8.07. The summed E-state index contributed by atoms with van der Waals surface area (Å²) in [5, 5.41) is 0.657. The standard InChI is InChI=1S/C21H26ClN5O3/c1-13-9-26(10-14(2)30-13)12-17-23-19-18(20(28)25(4)21(29)24(19)3)27(17)11-15-5-7-16(22)8-6-15/h5-8,13-14H,9-12H2,1-4H3/t13-,14-/m1/s1. The molecule has 30 heavy (non-hydrogen) atoms. The molecule has 9 heteroatoms. The molecular weight excluding hydrogens is 406 g/mol. The molecule has 3 heterocycles. The van der Waals surface area contributed by atoms with Gasteiger partial charge in [0.1, 0.15) is 5.82 Å². The number of imidazole rings is 1. The van der Waals surface area contributed by atoms with Gasteiger partial charge in [-0.3, -0.25) is 18.8 Å². The van der Waals surface area contributed by atoms with Gasteiger partial charge in [-0.05, 0) is 31.5 Å². The van der Waals surface area contributed by atoms with E-state index < -0.39 is 0 Å². The molecule has 0 aliphatic carbocycles. The molecule has 0 spiro atoms. The topological polar surface area (TPSA) is 74.3 Å². The highest BCUT2D eigenvalue weighted by molar-refractivity contribution is 6.30. The Labute approximate surface area is 179 Å². The van der Waals surface area contributed by atoms with Crippen LogP contribution in [0.15, 0.2) is 33.9 Å². The second kappa shape index (κ2) is 8.02. The molecule has 160 valence electrons. The van der Waals surface area contributed by atoms with Gasteiger partial charge in [0.25, 0.3) is 5.56 Å². The van der Waals surface area contributed by atoms with E-state index in [0.29, 0.717) is 29.3 Å². The fourth-order valence-corrected chi connectivity index (χ4v) is 4.29. The summed E-state index contributed by atoms with van der Waals surface area (Å²) in [6, 6.07) is 7.52. The Kier molecular flexibility index (Phi) is 5.57. The van der Waals surface area contributed by atoms with Crippen LogP contribution >= 0.6 is 11.6 Å². The van der Waals surface area contributed by atoms with Crippen molar-refractivity contribution in [1.82, 2.24) is 23.6 Å². The van der Waals surface area contributed by atoms with Gasteiger partial charge in [-0.25, -0.2) is 9.78 Å². The molecule has 1 saturated heterocycles. The summed E-state index contributed by atoms with van der Waals surface area (Å²) >= 11 is 6.03. The number of rotatable bonds is 4. The van der Waals surface area contributed by atoms with Crippen LogP contribution in [0.4, 0.5) is 0 Å². The molecule has 0 N–H and O–H groups in total. The van der Waals surface area contributed by atoms with Crippen LogP contribution in [-0.4, -0.2) is 48.9 Å². The minimum atomic E-state index is -0.385. The van der Waals surface area contributed by atoms with Crippen molar-refractivity contribution in [2.75, 3.05) is 13.1 Å². The monoisotopic (exact) mass is 431 g/mol. The van der Waals surface area contributed by atoms with Gasteiger partial charge in [0.15, 0.2) is 11.2 Å². The van der Waals surface area contributed by atoms with Gasteiger partial charge in [-0.2, -0.15) is 0 Å². The van der Waals surface area contributed by atoms with Crippen LogP contribution in [0.25, 0.3) is 11.2 Å². The Hall–Kier alpha value is -2.42. The van der Waals surface area contributed by atoms with E-state index in [1.165, 1.54) is 11.6 Å². The molecule has 1 aliphatic heterocycles. The highest BCUT2D eigenvalue weighted by Crippen LogP contribution is 2.19. The number of benzene rings is 1. The van der Waals surface area contributed by atoms with Crippen molar-refractivity contribution in [3.05, 3.63) is 61.5 Å². The summed E-state index contributed by atoms with van der Waals surface area (Å²) in [5.41, 5.74) is 1.10. The molecule has 0 amide bonds. The van der Waals surface area contributed by atoms with Gasteiger partial charge < -0.3 is 9.30 Å². The van der Waals surface area contributed by atoms with E-state index in [-0.39, 0.29) is 23.5 Å². The van der Waals surface area contributed by atoms with Crippen LogP contribution in [0.1, 0.15) is 25.2 Å². The van der Waals surface area contributed by atoms with Gasteiger partial charge in [0, 0.05) is 38.8 Å². The maximum Gasteiger partial charge on any atom is 0.332 e. The molecule has 0 saturated carbocycles. The normalized spacial score (nSPS) is 20.2. The average molecular weight is 432 g/mol. The van der Waals surface area contributed by atoms with Gasteiger partial charge in [-0.15, -0.1) is 0 Å². The second-order valence-corrected chi connectivity index (χ2v) is 8.51. The number of morpholine rings is 1. The Morgan fingerprint density at radius 2 is 1.67 bits per heavy atom. The number of nitrogens with zero attached hydrogens (tertiary/aromatic N) is 5. The molecule has 0 unspecified atom stereocenters. The predicted octanol–water partition coefficient (Wildman–Crippen LogP) is 1.74. The lowest BCUT2D eigenvalue weighted by atomic mass is 10.2. The van der Waals surface area contributed by atoms with Crippen molar-refractivity contribution >= 4 is 22.8 Å². The Balaban J connectivity index is 1.84. The zero-order valence-corrected chi connectivity index (χ0v) is 18.4. The predicted molar refractivity (Wildman–Crippen MR) is 116 cm³/mol. The molecule has 2 aromatic heterocycles. The smallest absolute Gasteiger partial charge is 0.332 e. The summed E-state index contributed by atoms with van der Waals surface area (Å²) in [5.74, 6) is 0.750. The summed E-state index contributed by atoms with van der Waals surface area (Å²) in [4.78, 5) is 32.5. The first-order chi connectivity index (χ1) is 14.2. The number of aryl methyl sites for hydroxylation is 1. The lowest BCUT2D eigenvalue weighted by Crippen LogP contribution is -2.45. The van der Waals surface area contributed by atoms with Crippen molar-refractivity contribution < 1.29 is 4.74 Å². The van der Waals surface area contributed by atoms with E-state index in [2.05, 4.69) is 18.7 Å². The third kappa shape index (κ3) is 3.82. The van der Waals surface area contributed by atoms with E-state index in [1.54, 1.807) is 7.05 Å². The summed E-state index contributed by atoms with van der Waals surface area (Å²) in [7, 11) is 3.14. The number of hydrogen-bond donors (Lipinski definition) is 0. The van der Waals surface area contributed by atoms with Crippen LogP contribution in [0, 0.1) is 0 Å². The Morgan fingerprint density at radius 3 is 2.30 bits per heavy atom. The van der Waals surface area contributed by atoms with Crippen LogP contribution in [0.5, 0.6) is 0 Å². The highest BCUT2D eigenvalue weighted by atomic mass is 35.5. The van der Waals surface area contributed by atoms with E-state index >= 15 is 0 Å². The van der Waals surface area contributed by atoms with Crippen molar-refractivity contribution in [2.24, 2.45) is 14.1 Å². The number of aromatic nitrogens is 4. The van der Waals surface area contributed by atoms with Crippen LogP contribution in [0.2, 0.25) is 5.02 Å². The molecule has 0 bridgehead atoms. The maximum absolute atomic E-state index is 13.0. The third-order valence-electron chi connectivity index (χ3n) is 5.54. The summed E-state index contributed by atoms with van der Waals surface area (Å²) < 4.78 is 10.3. The molecule has 1 aromatic carbocycles. The number of halogens is 1. The Morgan fingerprint density at radius 1 is 1.03 bits per heavy atom. The fraction of sp³-hybridized carbons (Fsp3) is 0.476. The van der Waals surface area contributed by atoms with Crippen molar-refractivity contribution in [2.45, 2.75) is 39.1 Å².